The number of benzene rings is 2. The highest BCUT2D eigenvalue weighted by atomic mass is 35.5. The lowest BCUT2D eigenvalue weighted by Gasteiger charge is -2.07. The fourth-order valence-electron chi connectivity index (χ4n) is 2.18. The molecule has 0 aliphatic rings. The maximum Gasteiger partial charge on any atom is 0.269 e. The Kier molecular flexibility index (Phi) is 5.00. The van der Waals surface area contributed by atoms with Crippen molar-refractivity contribution in [1.29, 1.82) is 0 Å². The quantitative estimate of drug-likeness (QED) is 0.664. The Morgan fingerprint density at radius 2 is 1.88 bits per heavy atom. The molecule has 25 heavy (non-hydrogen) atoms. The van der Waals surface area contributed by atoms with Crippen molar-refractivity contribution in [3.8, 4) is 22.9 Å². The molecule has 0 unspecified atom stereocenters. The van der Waals surface area contributed by atoms with Crippen LogP contribution in [0, 0.1) is 5.82 Å². The smallest absolute Gasteiger partial charge is 0.269 e. The van der Waals surface area contributed by atoms with E-state index in [2.05, 4.69) is 10.1 Å². The predicted octanol–water partition coefficient (Wildman–Crippen LogP) is 4.63. The van der Waals surface area contributed by atoms with E-state index in [1.54, 1.807) is 50.6 Å². The maximum absolute atomic E-state index is 12.9. The van der Waals surface area contributed by atoms with Gasteiger partial charge in [-0.15, -0.1) is 0 Å². The van der Waals surface area contributed by atoms with Crippen molar-refractivity contribution in [2.24, 2.45) is 0 Å². The van der Waals surface area contributed by atoms with Gasteiger partial charge in [-0.05, 0) is 35.9 Å². The molecule has 0 saturated carbocycles. The molecule has 0 N–H and O–H groups in total. The average Bonchev–Trinajstić information content (AvgIpc) is 3.13. The topological polar surface area (TPSA) is 57.4 Å². The number of rotatable bonds is 5. The minimum atomic E-state index is -0.319. The number of hydrogen-bond donors (Lipinski definition) is 0. The van der Waals surface area contributed by atoms with Crippen LogP contribution in [0.15, 0.2) is 47.0 Å². The Morgan fingerprint density at radius 1 is 1.12 bits per heavy atom. The average molecular weight is 361 g/mol. The van der Waals surface area contributed by atoms with Gasteiger partial charge in [-0.2, -0.15) is 4.98 Å². The second-order valence-electron chi connectivity index (χ2n) is 5.03. The van der Waals surface area contributed by atoms with E-state index >= 15 is 0 Å². The summed E-state index contributed by atoms with van der Waals surface area (Å²) in [6.45, 7) is 0. The molecule has 0 bridgehead atoms. The molecule has 2 aromatic carbocycles. The molecule has 7 heteroatoms. The third-order valence-electron chi connectivity index (χ3n) is 3.44. The van der Waals surface area contributed by atoms with E-state index in [-0.39, 0.29) is 16.7 Å². The zero-order chi connectivity index (χ0) is 17.8. The summed E-state index contributed by atoms with van der Waals surface area (Å²) in [4.78, 5) is 4.29. The van der Waals surface area contributed by atoms with E-state index in [1.165, 1.54) is 12.1 Å². The van der Waals surface area contributed by atoms with Gasteiger partial charge in [0.05, 0.1) is 19.8 Å². The summed E-state index contributed by atoms with van der Waals surface area (Å²) >= 11 is 6.22. The van der Waals surface area contributed by atoms with Gasteiger partial charge in [0, 0.05) is 6.07 Å². The Balaban J connectivity index is 1.91. The van der Waals surface area contributed by atoms with Crippen molar-refractivity contribution in [2.75, 3.05) is 14.2 Å². The fourth-order valence-corrected chi connectivity index (χ4v) is 2.38. The highest BCUT2D eigenvalue weighted by molar-refractivity contribution is 6.50. The van der Waals surface area contributed by atoms with Gasteiger partial charge >= 0.3 is 0 Å². The number of methoxy groups -OCH3 is 2. The Bertz CT molecular complexity index is 907. The summed E-state index contributed by atoms with van der Waals surface area (Å²) in [7, 11) is 3.11. The number of hydrogen-bond acceptors (Lipinski definition) is 5. The van der Waals surface area contributed by atoms with Crippen LogP contribution in [0.4, 0.5) is 4.39 Å². The summed E-state index contributed by atoms with van der Waals surface area (Å²) in [6.07, 6.45) is 1.61. The first-order valence-corrected chi connectivity index (χ1v) is 7.67. The van der Waals surface area contributed by atoms with Crippen LogP contribution in [-0.2, 0) is 0 Å². The van der Waals surface area contributed by atoms with Crippen LogP contribution >= 0.6 is 11.6 Å². The van der Waals surface area contributed by atoms with Gasteiger partial charge in [0.2, 0.25) is 5.82 Å². The predicted molar refractivity (Wildman–Crippen MR) is 93.0 cm³/mol. The standard InChI is InChI=1S/C18H14ClFN2O3/c1-23-13-7-8-14(16(10-13)24-2)17-21-18(25-22-17)15(19)9-11-3-5-12(20)6-4-11/h3-10H,1-2H3/b15-9-. The molecule has 1 heterocycles. The third-order valence-corrected chi connectivity index (χ3v) is 3.71. The van der Waals surface area contributed by atoms with Crippen molar-refractivity contribution in [1.82, 2.24) is 10.1 Å². The van der Waals surface area contributed by atoms with Gasteiger partial charge in [0.25, 0.3) is 5.89 Å². The minimum absolute atomic E-state index is 0.152. The third kappa shape index (κ3) is 3.80. The minimum Gasteiger partial charge on any atom is -0.497 e. The molecular weight excluding hydrogens is 347 g/mol. The first-order valence-electron chi connectivity index (χ1n) is 7.30. The Hall–Kier alpha value is -2.86. The van der Waals surface area contributed by atoms with Crippen molar-refractivity contribution >= 4 is 22.7 Å². The first-order chi connectivity index (χ1) is 12.1. The number of aromatic nitrogens is 2. The van der Waals surface area contributed by atoms with Crippen LogP contribution in [0.3, 0.4) is 0 Å². The highest BCUT2D eigenvalue weighted by Crippen LogP contribution is 2.32. The number of halogens is 2. The number of ether oxygens (including phenoxy) is 2. The second-order valence-corrected chi connectivity index (χ2v) is 5.44. The fraction of sp³-hybridized carbons (Fsp3) is 0.111. The number of nitrogens with zero attached hydrogens (tertiary/aromatic N) is 2. The summed E-state index contributed by atoms with van der Waals surface area (Å²) in [5.41, 5.74) is 1.36. The summed E-state index contributed by atoms with van der Waals surface area (Å²) in [5, 5.41) is 4.18. The van der Waals surface area contributed by atoms with E-state index in [0.29, 0.717) is 28.5 Å². The second kappa shape index (κ2) is 7.36. The lowest BCUT2D eigenvalue weighted by Crippen LogP contribution is -1.91. The van der Waals surface area contributed by atoms with Crippen molar-refractivity contribution in [3.05, 3.63) is 59.7 Å². The molecule has 5 nitrogen and oxygen atoms in total. The molecule has 0 atom stereocenters. The molecule has 0 aliphatic carbocycles. The summed E-state index contributed by atoms with van der Waals surface area (Å²) in [6, 6.07) is 11.1. The van der Waals surface area contributed by atoms with E-state index in [4.69, 9.17) is 25.6 Å². The molecular formula is C18H14ClFN2O3. The van der Waals surface area contributed by atoms with Crippen molar-refractivity contribution in [3.63, 3.8) is 0 Å². The SMILES string of the molecule is COc1ccc(-c2noc(/C(Cl)=C/c3ccc(F)cc3)n2)c(OC)c1. The molecule has 0 saturated heterocycles. The van der Waals surface area contributed by atoms with Crippen LogP contribution in [0.1, 0.15) is 11.5 Å². The van der Waals surface area contributed by atoms with E-state index in [1.807, 2.05) is 0 Å². The van der Waals surface area contributed by atoms with Gasteiger partial charge in [0.1, 0.15) is 22.3 Å². The van der Waals surface area contributed by atoms with Crippen molar-refractivity contribution in [2.45, 2.75) is 0 Å². The summed E-state index contributed by atoms with van der Waals surface area (Å²) in [5.74, 6) is 1.36. The lowest BCUT2D eigenvalue weighted by molar-refractivity contribution is 0.393. The van der Waals surface area contributed by atoms with Crippen LogP contribution in [-0.4, -0.2) is 24.4 Å². The van der Waals surface area contributed by atoms with Gasteiger partial charge < -0.3 is 14.0 Å². The van der Waals surface area contributed by atoms with Gasteiger partial charge in [-0.3, -0.25) is 0 Å². The lowest BCUT2D eigenvalue weighted by atomic mass is 10.2. The molecule has 0 spiro atoms. The monoisotopic (exact) mass is 360 g/mol. The van der Waals surface area contributed by atoms with Gasteiger partial charge in [0.15, 0.2) is 0 Å². The molecule has 3 aromatic rings. The van der Waals surface area contributed by atoms with Crippen molar-refractivity contribution < 1.29 is 18.4 Å². The van der Waals surface area contributed by atoms with Crippen LogP contribution in [0.5, 0.6) is 11.5 Å². The Morgan fingerprint density at radius 3 is 2.56 bits per heavy atom. The van der Waals surface area contributed by atoms with Crippen LogP contribution < -0.4 is 9.47 Å². The molecule has 0 fully saturated rings. The van der Waals surface area contributed by atoms with E-state index in [9.17, 15) is 4.39 Å². The molecule has 0 amide bonds. The Labute approximate surface area is 148 Å². The molecule has 1 aromatic heterocycles. The molecule has 0 radical (unpaired) electrons. The highest BCUT2D eigenvalue weighted by Gasteiger charge is 2.16. The normalized spacial score (nSPS) is 11.4. The molecule has 128 valence electrons. The largest absolute Gasteiger partial charge is 0.497 e. The van der Waals surface area contributed by atoms with E-state index < -0.39 is 0 Å². The zero-order valence-corrected chi connectivity index (χ0v) is 14.2. The van der Waals surface area contributed by atoms with Crippen LogP contribution in [0.2, 0.25) is 0 Å². The van der Waals surface area contributed by atoms with Gasteiger partial charge in [-0.1, -0.05) is 28.9 Å². The maximum atomic E-state index is 12.9. The zero-order valence-electron chi connectivity index (χ0n) is 13.5. The first kappa shape index (κ1) is 17.0. The summed E-state index contributed by atoms with van der Waals surface area (Å²) < 4.78 is 28.7. The molecule has 0 aliphatic heterocycles. The van der Waals surface area contributed by atoms with Crippen LogP contribution in [0.25, 0.3) is 22.5 Å². The van der Waals surface area contributed by atoms with E-state index in [0.717, 1.165) is 0 Å². The molecule has 3 rings (SSSR count). The van der Waals surface area contributed by atoms with Gasteiger partial charge in [-0.25, -0.2) is 4.39 Å².